The summed E-state index contributed by atoms with van der Waals surface area (Å²) in [6, 6.07) is 32.3. The van der Waals surface area contributed by atoms with Gasteiger partial charge in [-0.05, 0) is 96.0 Å². The van der Waals surface area contributed by atoms with Crippen LogP contribution in [-0.4, -0.2) is 6.54 Å². The molecule has 0 N–H and O–H groups in total. The molecule has 0 heterocycles. The van der Waals surface area contributed by atoms with E-state index < -0.39 is 0 Å². The minimum atomic E-state index is 0.620. The van der Waals surface area contributed by atoms with Gasteiger partial charge in [-0.3, -0.25) is 0 Å². The number of benzene rings is 4. The van der Waals surface area contributed by atoms with E-state index in [0.29, 0.717) is 6.54 Å². The molecule has 236 valence electrons. The fourth-order valence-electron chi connectivity index (χ4n) is 6.32. The van der Waals surface area contributed by atoms with Gasteiger partial charge in [0.2, 0.25) is 0 Å². The third kappa shape index (κ3) is 10.9. The fraction of sp³-hybridized carbons (Fsp3) is 0.429. The number of hydrogen-bond acceptors (Lipinski definition) is 1. The number of rotatable bonds is 19. The number of unbranched alkanes of at least 4 members (excludes halogenated alkanes) is 10. The first kappa shape index (κ1) is 34.1. The highest BCUT2D eigenvalue weighted by Gasteiger charge is 2.13. The lowest BCUT2D eigenvalue weighted by atomic mass is 9.87. The van der Waals surface area contributed by atoms with Crippen molar-refractivity contribution >= 4 is 0 Å². The van der Waals surface area contributed by atoms with Crippen LogP contribution in [0, 0.1) is 13.8 Å². The summed E-state index contributed by atoms with van der Waals surface area (Å²) in [4.78, 5) is 2.87. The molecule has 0 aliphatic rings. The van der Waals surface area contributed by atoms with Gasteiger partial charge in [0.15, 0.2) is 0 Å². The summed E-state index contributed by atoms with van der Waals surface area (Å²) in [5.41, 5.74) is 22.0. The van der Waals surface area contributed by atoms with Gasteiger partial charge in [-0.15, -0.1) is 0 Å². The standard InChI is InChI=1S/C42H53N3/c1-4-5-6-7-10-13-16-39-31-37(35-22-18-33(2)19-23-35)26-28-41(39)42-29-27-38(36-24-20-34(3)21-25-36)32-40(42)17-14-11-8-9-12-15-30-44-45-43/h18-29,31-32H,4-17,30H2,1-3H3. The second-order valence-electron chi connectivity index (χ2n) is 12.8. The number of nitrogens with zero attached hydrogens (tertiary/aromatic N) is 3. The van der Waals surface area contributed by atoms with E-state index in [0.717, 1.165) is 25.7 Å². The summed E-state index contributed by atoms with van der Waals surface area (Å²) in [5, 5.41) is 3.67. The highest BCUT2D eigenvalue weighted by atomic mass is 15.1. The smallest absolute Gasteiger partial charge is 0.0257 e. The van der Waals surface area contributed by atoms with Crippen molar-refractivity contribution in [2.24, 2.45) is 5.11 Å². The molecule has 0 amide bonds. The Morgan fingerprint density at radius 1 is 0.489 bits per heavy atom. The Balaban J connectivity index is 1.60. The van der Waals surface area contributed by atoms with Crippen LogP contribution in [-0.2, 0) is 12.8 Å². The lowest BCUT2D eigenvalue weighted by molar-refractivity contribution is 0.597. The Bertz CT molecular complexity index is 1490. The predicted octanol–water partition coefficient (Wildman–Crippen LogP) is 13.4. The molecule has 4 aromatic carbocycles. The van der Waals surface area contributed by atoms with Crippen LogP contribution in [0.15, 0.2) is 90.0 Å². The van der Waals surface area contributed by atoms with E-state index >= 15 is 0 Å². The van der Waals surface area contributed by atoms with Crippen molar-refractivity contribution in [1.82, 2.24) is 0 Å². The molecule has 0 bridgehead atoms. The van der Waals surface area contributed by atoms with E-state index in [1.165, 1.54) is 120 Å². The molecule has 0 aromatic heterocycles. The molecular weight excluding hydrogens is 546 g/mol. The van der Waals surface area contributed by atoms with Crippen molar-refractivity contribution in [3.63, 3.8) is 0 Å². The maximum absolute atomic E-state index is 8.49. The van der Waals surface area contributed by atoms with Crippen LogP contribution in [0.5, 0.6) is 0 Å². The van der Waals surface area contributed by atoms with Gasteiger partial charge in [0.05, 0.1) is 0 Å². The monoisotopic (exact) mass is 599 g/mol. The molecule has 0 aliphatic carbocycles. The fourth-order valence-corrected chi connectivity index (χ4v) is 6.32. The SMILES string of the molecule is CCCCCCCCc1cc(-c2ccc(C)cc2)ccc1-c1ccc(-c2ccc(C)cc2)cc1CCCCCCCCN=[N+]=[N-]. The average Bonchev–Trinajstić information content (AvgIpc) is 3.06. The van der Waals surface area contributed by atoms with Crippen molar-refractivity contribution in [2.45, 2.75) is 111 Å². The number of azide groups is 1. The van der Waals surface area contributed by atoms with E-state index in [4.69, 9.17) is 5.53 Å². The lowest BCUT2D eigenvalue weighted by Gasteiger charge is -2.18. The zero-order valence-corrected chi connectivity index (χ0v) is 28.0. The second kappa shape index (κ2) is 18.9. The molecular formula is C42H53N3. The molecule has 3 nitrogen and oxygen atoms in total. The predicted molar refractivity (Wildman–Crippen MR) is 195 cm³/mol. The van der Waals surface area contributed by atoms with Crippen LogP contribution in [0.4, 0.5) is 0 Å². The van der Waals surface area contributed by atoms with E-state index in [2.05, 4.69) is 116 Å². The summed E-state index contributed by atoms with van der Waals surface area (Å²) in [7, 11) is 0. The molecule has 0 aliphatic heterocycles. The number of hydrogen-bond donors (Lipinski definition) is 0. The molecule has 0 saturated carbocycles. The third-order valence-corrected chi connectivity index (χ3v) is 9.09. The van der Waals surface area contributed by atoms with Crippen molar-refractivity contribution in [2.75, 3.05) is 6.54 Å². The Labute approximate surface area is 272 Å². The summed E-state index contributed by atoms with van der Waals surface area (Å²) >= 11 is 0. The first-order chi connectivity index (χ1) is 22.1. The summed E-state index contributed by atoms with van der Waals surface area (Å²) in [6.07, 6.45) is 17.1. The largest absolute Gasteiger partial charge is 0.0940 e. The van der Waals surface area contributed by atoms with Crippen LogP contribution in [0.2, 0.25) is 0 Å². The average molecular weight is 600 g/mol. The summed E-state index contributed by atoms with van der Waals surface area (Å²) in [6.45, 7) is 7.22. The van der Waals surface area contributed by atoms with Gasteiger partial charge in [-0.25, -0.2) is 0 Å². The van der Waals surface area contributed by atoms with Gasteiger partial charge in [-0.2, -0.15) is 0 Å². The molecule has 0 fully saturated rings. The van der Waals surface area contributed by atoms with Gasteiger partial charge in [0, 0.05) is 11.5 Å². The van der Waals surface area contributed by atoms with Gasteiger partial charge >= 0.3 is 0 Å². The van der Waals surface area contributed by atoms with E-state index in [-0.39, 0.29) is 0 Å². The van der Waals surface area contributed by atoms with E-state index in [9.17, 15) is 0 Å². The lowest BCUT2D eigenvalue weighted by Crippen LogP contribution is -1.98. The second-order valence-corrected chi connectivity index (χ2v) is 12.8. The Kier molecular flexibility index (Phi) is 14.3. The van der Waals surface area contributed by atoms with Crippen LogP contribution < -0.4 is 0 Å². The highest BCUT2D eigenvalue weighted by molar-refractivity contribution is 5.78. The third-order valence-electron chi connectivity index (χ3n) is 9.09. The Morgan fingerprint density at radius 2 is 0.889 bits per heavy atom. The van der Waals surface area contributed by atoms with Crippen molar-refractivity contribution in [1.29, 1.82) is 0 Å². The zero-order chi connectivity index (χ0) is 31.7. The minimum Gasteiger partial charge on any atom is -0.0940 e. The molecule has 0 spiro atoms. The molecule has 45 heavy (non-hydrogen) atoms. The molecule has 3 heteroatoms. The molecule has 0 unspecified atom stereocenters. The van der Waals surface area contributed by atoms with Gasteiger partial charge < -0.3 is 0 Å². The van der Waals surface area contributed by atoms with E-state index in [1.54, 1.807) is 0 Å². The zero-order valence-electron chi connectivity index (χ0n) is 28.0. The highest BCUT2D eigenvalue weighted by Crippen LogP contribution is 2.35. The molecule has 0 atom stereocenters. The maximum atomic E-state index is 8.49. The van der Waals surface area contributed by atoms with Crippen LogP contribution in [0.1, 0.15) is 106 Å². The molecule has 0 saturated heterocycles. The van der Waals surface area contributed by atoms with Crippen molar-refractivity contribution in [3.8, 4) is 33.4 Å². The topological polar surface area (TPSA) is 48.8 Å². The summed E-state index contributed by atoms with van der Waals surface area (Å²) < 4.78 is 0. The first-order valence-corrected chi connectivity index (χ1v) is 17.5. The Morgan fingerprint density at radius 3 is 1.33 bits per heavy atom. The molecule has 0 radical (unpaired) electrons. The van der Waals surface area contributed by atoms with Crippen LogP contribution in [0.25, 0.3) is 43.8 Å². The van der Waals surface area contributed by atoms with Crippen LogP contribution >= 0.6 is 0 Å². The van der Waals surface area contributed by atoms with Crippen molar-refractivity contribution < 1.29 is 0 Å². The quantitative estimate of drug-likeness (QED) is 0.0445. The van der Waals surface area contributed by atoms with Crippen molar-refractivity contribution in [3.05, 3.63) is 118 Å². The molecule has 4 rings (SSSR count). The summed E-state index contributed by atoms with van der Waals surface area (Å²) in [5.74, 6) is 0. The van der Waals surface area contributed by atoms with Gasteiger partial charge in [0.1, 0.15) is 0 Å². The maximum Gasteiger partial charge on any atom is 0.0257 e. The van der Waals surface area contributed by atoms with Gasteiger partial charge in [0.25, 0.3) is 0 Å². The van der Waals surface area contributed by atoms with Gasteiger partial charge in [-0.1, -0.05) is 166 Å². The van der Waals surface area contributed by atoms with Crippen LogP contribution in [0.3, 0.4) is 0 Å². The molecule has 4 aromatic rings. The Hall–Kier alpha value is -3.81. The first-order valence-electron chi connectivity index (χ1n) is 17.5. The number of aryl methyl sites for hydroxylation is 4. The normalized spacial score (nSPS) is 11.0. The minimum absolute atomic E-state index is 0.620. The van der Waals surface area contributed by atoms with E-state index in [1.807, 2.05) is 0 Å².